The molecule has 0 spiro atoms. The average molecular weight is 497 g/mol. The Balaban J connectivity index is 1.56. The van der Waals surface area contributed by atoms with Crippen molar-refractivity contribution in [2.24, 2.45) is 11.7 Å². The first-order chi connectivity index (χ1) is 17.9. The summed E-state index contributed by atoms with van der Waals surface area (Å²) in [6.07, 6.45) is 6.61. The number of carbonyl (C=O) groups is 1. The number of halogens is 1. The van der Waals surface area contributed by atoms with E-state index in [4.69, 9.17) is 5.73 Å². The number of aromatic nitrogens is 4. The lowest BCUT2D eigenvalue weighted by Gasteiger charge is -2.16. The Hall–Kier alpha value is -4.63. The van der Waals surface area contributed by atoms with Gasteiger partial charge in [0.05, 0.1) is 30.1 Å². The Kier molecular flexibility index (Phi) is 6.61. The molecular formula is C28H25FN6O2. The molecule has 5 rings (SSSR count). The third-order valence-electron chi connectivity index (χ3n) is 6.19. The van der Waals surface area contributed by atoms with Gasteiger partial charge in [-0.15, -0.1) is 0 Å². The van der Waals surface area contributed by atoms with Gasteiger partial charge in [0, 0.05) is 35.8 Å². The summed E-state index contributed by atoms with van der Waals surface area (Å²) in [5, 5.41) is 3.43. The fraction of sp³-hybridized carbons (Fsp3) is 0.143. The molecular weight excluding hydrogens is 471 g/mol. The number of hydrogen-bond donors (Lipinski definition) is 2. The van der Waals surface area contributed by atoms with E-state index in [1.165, 1.54) is 22.9 Å². The van der Waals surface area contributed by atoms with Crippen LogP contribution in [-0.2, 0) is 11.3 Å². The number of benzene rings is 2. The molecule has 3 heterocycles. The van der Waals surface area contributed by atoms with E-state index >= 15 is 0 Å². The molecule has 0 aliphatic heterocycles. The monoisotopic (exact) mass is 496 g/mol. The standard InChI is InChI=1S/C28H25FN6O2/c1-18(13-30)27(36)33-24-16-32-26(20-5-3-2-4-6-20)35(28(24)37)17-19-11-23(15-31-14-19)34-10-9-21-12-22(29)7-8-25(21)34/h2-12,14-16,18H,13,17,30H2,1H3,(H,33,36)/t18-/m0/s1. The maximum absolute atomic E-state index is 13.7. The summed E-state index contributed by atoms with van der Waals surface area (Å²) >= 11 is 0. The van der Waals surface area contributed by atoms with Crippen molar-refractivity contribution >= 4 is 22.5 Å². The van der Waals surface area contributed by atoms with Gasteiger partial charge in [0.15, 0.2) is 0 Å². The minimum absolute atomic E-state index is 0.0764. The maximum atomic E-state index is 13.7. The molecule has 0 fully saturated rings. The van der Waals surface area contributed by atoms with E-state index in [0.717, 1.165) is 27.7 Å². The first-order valence-corrected chi connectivity index (χ1v) is 11.8. The highest BCUT2D eigenvalue weighted by molar-refractivity contribution is 5.92. The van der Waals surface area contributed by atoms with E-state index in [1.54, 1.807) is 25.4 Å². The molecule has 0 radical (unpaired) electrons. The smallest absolute Gasteiger partial charge is 0.277 e. The first-order valence-electron chi connectivity index (χ1n) is 11.8. The molecule has 2 aromatic carbocycles. The van der Waals surface area contributed by atoms with E-state index in [2.05, 4.69) is 15.3 Å². The molecule has 9 heteroatoms. The summed E-state index contributed by atoms with van der Waals surface area (Å²) in [5.41, 5.74) is 8.41. The molecule has 0 saturated heterocycles. The predicted molar refractivity (Wildman–Crippen MR) is 141 cm³/mol. The first kappa shape index (κ1) is 24.1. The number of nitrogens with zero attached hydrogens (tertiary/aromatic N) is 4. The van der Waals surface area contributed by atoms with Crippen LogP contribution in [0.15, 0.2) is 90.2 Å². The largest absolute Gasteiger partial charge is 0.330 e. The van der Waals surface area contributed by atoms with Crippen LogP contribution in [0.3, 0.4) is 0 Å². The SMILES string of the molecule is C[C@@H](CN)C(=O)Nc1cnc(-c2ccccc2)n(Cc2cncc(-n3ccc4cc(F)ccc43)c2)c1=O. The van der Waals surface area contributed by atoms with Gasteiger partial charge in [0.25, 0.3) is 5.56 Å². The van der Waals surface area contributed by atoms with Crippen LogP contribution in [0.5, 0.6) is 0 Å². The third kappa shape index (κ3) is 4.89. The maximum Gasteiger partial charge on any atom is 0.277 e. The molecule has 1 atom stereocenters. The van der Waals surface area contributed by atoms with Crippen LogP contribution in [0.4, 0.5) is 10.1 Å². The zero-order valence-electron chi connectivity index (χ0n) is 20.1. The number of fused-ring (bicyclic) bond motifs is 1. The second-order valence-electron chi connectivity index (χ2n) is 8.82. The summed E-state index contributed by atoms with van der Waals surface area (Å²) in [6.45, 7) is 2.02. The summed E-state index contributed by atoms with van der Waals surface area (Å²) in [7, 11) is 0. The average Bonchev–Trinajstić information content (AvgIpc) is 3.34. The molecule has 0 aliphatic carbocycles. The second kappa shape index (κ2) is 10.2. The number of nitrogens with one attached hydrogen (secondary N) is 1. The highest BCUT2D eigenvalue weighted by Crippen LogP contribution is 2.23. The highest BCUT2D eigenvalue weighted by atomic mass is 19.1. The lowest BCUT2D eigenvalue weighted by Crippen LogP contribution is -2.32. The topological polar surface area (TPSA) is 108 Å². The van der Waals surface area contributed by atoms with E-state index < -0.39 is 11.5 Å². The summed E-state index contributed by atoms with van der Waals surface area (Å²) in [5.74, 6) is -0.638. The van der Waals surface area contributed by atoms with Gasteiger partial charge in [-0.3, -0.25) is 19.1 Å². The molecule has 3 N–H and O–H groups in total. The van der Waals surface area contributed by atoms with E-state index in [0.29, 0.717) is 5.82 Å². The molecule has 0 saturated carbocycles. The van der Waals surface area contributed by atoms with Crippen LogP contribution in [0.1, 0.15) is 12.5 Å². The Morgan fingerprint density at radius 2 is 1.89 bits per heavy atom. The van der Waals surface area contributed by atoms with Gasteiger partial charge in [-0.05, 0) is 35.9 Å². The molecule has 8 nitrogen and oxygen atoms in total. The zero-order chi connectivity index (χ0) is 25.9. The fourth-order valence-electron chi connectivity index (χ4n) is 4.12. The van der Waals surface area contributed by atoms with Crippen LogP contribution < -0.4 is 16.6 Å². The molecule has 0 unspecified atom stereocenters. The van der Waals surface area contributed by atoms with Crippen LogP contribution in [0, 0.1) is 11.7 Å². The lowest BCUT2D eigenvalue weighted by molar-refractivity contribution is -0.119. The van der Waals surface area contributed by atoms with Gasteiger partial charge in [-0.1, -0.05) is 37.3 Å². The number of pyridine rings is 1. The van der Waals surface area contributed by atoms with Crippen molar-refractivity contribution in [2.75, 3.05) is 11.9 Å². The molecule has 0 bridgehead atoms. The predicted octanol–water partition coefficient (Wildman–Crippen LogP) is 3.97. The summed E-state index contributed by atoms with van der Waals surface area (Å²) in [6, 6.07) is 17.7. The Bertz CT molecular complexity index is 1640. The van der Waals surface area contributed by atoms with Crippen molar-refractivity contribution in [2.45, 2.75) is 13.5 Å². The van der Waals surface area contributed by atoms with E-state index in [1.807, 2.05) is 53.2 Å². The van der Waals surface area contributed by atoms with Crippen LogP contribution >= 0.6 is 0 Å². The zero-order valence-corrected chi connectivity index (χ0v) is 20.1. The Morgan fingerprint density at radius 3 is 2.68 bits per heavy atom. The third-order valence-corrected chi connectivity index (χ3v) is 6.19. The number of amides is 1. The highest BCUT2D eigenvalue weighted by Gasteiger charge is 2.17. The van der Waals surface area contributed by atoms with Gasteiger partial charge in [-0.2, -0.15) is 0 Å². The number of carbonyl (C=O) groups excluding carboxylic acids is 1. The van der Waals surface area contributed by atoms with Gasteiger partial charge in [-0.25, -0.2) is 9.37 Å². The normalized spacial score (nSPS) is 12.0. The number of nitrogens with two attached hydrogens (primary N) is 1. The summed E-state index contributed by atoms with van der Waals surface area (Å²) in [4.78, 5) is 34.9. The van der Waals surface area contributed by atoms with Gasteiger partial charge >= 0.3 is 0 Å². The summed E-state index contributed by atoms with van der Waals surface area (Å²) < 4.78 is 17.1. The van der Waals surface area contributed by atoms with Crippen molar-refractivity contribution in [3.05, 3.63) is 107 Å². The van der Waals surface area contributed by atoms with Crippen LogP contribution in [0.25, 0.3) is 28.0 Å². The molecule has 186 valence electrons. The minimum Gasteiger partial charge on any atom is -0.330 e. The molecule has 3 aromatic heterocycles. The van der Waals surface area contributed by atoms with Crippen molar-refractivity contribution in [3.63, 3.8) is 0 Å². The quantitative estimate of drug-likeness (QED) is 0.355. The van der Waals surface area contributed by atoms with Crippen LogP contribution in [-0.4, -0.2) is 31.6 Å². The van der Waals surface area contributed by atoms with Crippen LogP contribution in [0.2, 0.25) is 0 Å². The van der Waals surface area contributed by atoms with Gasteiger partial charge in [0.2, 0.25) is 5.91 Å². The number of rotatable bonds is 7. The fourth-order valence-corrected chi connectivity index (χ4v) is 4.12. The second-order valence-corrected chi connectivity index (χ2v) is 8.82. The Morgan fingerprint density at radius 1 is 1.08 bits per heavy atom. The molecule has 1 amide bonds. The molecule has 37 heavy (non-hydrogen) atoms. The van der Waals surface area contributed by atoms with Gasteiger partial charge < -0.3 is 15.6 Å². The van der Waals surface area contributed by atoms with E-state index in [-0.39, 0.29) is 30.5 Å². The number of hydrogen-bond acceptors (Lipinski definition) is 5. The van der Waals surface area contributed by atoms with Crippen molar-refractivity contribution in [3.8, 4) is 17.1 Å². The number of anilines is 1. The van der Waals surface area contributed by atoms with Crippen molar-refractivity contribution < 1.29 is 9.18 Å². The lowest BCUT2D eigenvalue weighted by atomic mass is 10.1. The van der Waals surface area contributed by atoms with Gasteiger partial charge in [0.1, 0.15) is 17.3 Å². The molecule has 0 aliphatic rings. The molecule has 5 aromatic rings. The minimum atomic E-state index is -0.451. The van der Waals surface area contributed by atoms with E-state index in [9.17, 15) is 14.0 Å². The van der Waals surface area contributed by atoms with Crippen molar-refractivity contribution in [1.82, 2.24) is 19.1 Å². The van der Waals surface area contributed by atoms with Crippen molar-refractivity contribution in [1.29, 1.82) is 0 Å². The Labute approximate surface area is 212 Å².